The second-order valence-electron chi connectivity index (χ2n) is 22.4. The van der Waals surface area contributed by atoms with Crippen molar-refractivity contribution in [3.8, 4) is 0 Å². The van der Waals surface area contributed by atoms with Crippen molar-refractivity contribution in [2.45, 2.75) is 361 Å². The van der Waals surface area contributed by atoms with E-state index in [2.05, 4.69) is 69.4 Å². The van der Waals surface area contributed by atoms with Crippen LogP contribution in [0.2, 0.25) is 0 Å². The first-order valence-corrected chi connectivity index (χ1v) is 33.1. The molecule has 0 rings (SSSR count). The van der Waals surface area contributed by atoms with Gasteiger partial charge in [-0.3, -0.25) is 14.4 Å². The summed E-state index contributed by atoms with van der Waals surface area (Å²) in [5.74, 6) is -0.875. The van der Waals surface area contributed by atoms with E-state index >= 15 is 0 Å². The summed E-state index contributed by atoms with van der Waals surface area (Å²) in [6.45, 7) is 6.58. The van der Waals surface area contributed by atoms with Crippen LogP contribution in [0.15, 0.2) is 48.6 Å². The summed E-state index contributed by atoms with van der Waals surface area (Å²) < 4.78 is 17.0. The monoisotopic (exact) mass is 1050 g/mol. The van der Waals surface area contributed by atoms with Gasteiger partial charge in [0, 0.05) is 19.3 Å². The Kier molecular flexibility index (Phi) is 61.7. The third-order valence-electron chi connectivity index (χ3n) is 14.8. The third kappa shape index (κ3) is 62.1. The summed E-state index contributed by atoms with van der Waals surface area (Å²) in [7, 11) is 0. The number of hydrogen-bond donors (Lipinski definition) is 0. The molecule has 75 heavy (non-hydrogen) atoms. The normalized spacial score (nSPS) is 12.3. The van der Waals surface area contributed by atoms with Gasteiger partial charge in [-0.25, -0.2) is 0 Å². The van der Waals surface area contributed by atoms with Gasteiger partial charge in [-0.2, -0.15) is 0 Å². The number of unbranched alkanes of at least 4 members (excludes halogenated alkanes) is 42. The van der Waals surface area contributed by atoms with Gasteiger partial charge in [0.05, 0.1) is 0 Å². The van der Waals surface area contributed by atoms with Crippen molar-refractivity contribution in [1.29, 1.82) is 0 Å². The molecule has 0 saturated heterocycles. The Morgan fingerprint density at radius 3 is 0.813 bits per heavy atom. The number of carbonyl (C=O) groups is 3. The van der Waals surface area contributed by atoms with Crippen LogP contribution >= 0.6 is 0 Å². The van der Waals surface area contributed by atoms with Crippen LogP contribution in [0.1, 0.15) is 355 Å². The second kappa shape index (κ2) is 63.9. The summed E-state index contributed by atoms with van der Waals surface area (Å²) in [6.07, 6.45) is 79.8. The van der Waals surface area contributed by atoms with Crippen molar-refractivity contribution >= 4 is 17.9 Å². The predicted octanol–water partition coefficient (Wildman–Crippen LogP) is 22.6. The Balaban J connectivity index is 4.33. The highest BCUT2D eigenvalue weighted by Crippen LogP contribution is 2.18. The molecule has 0 amide bonds. The van der Waals surface area contributed by atoms with Crippen LogP contribution in [0.5, 0.6) is 0 Å². The molecule has 0 bridgehead atoms. The van der Waals surface area contributed by atoms with E-state index < -0.39 is 6.10 Å². The first-order chi connectivity index (χ1) is 37.0. The van der Waals surface area contributed by atoms with Crippen LogP contribution in [-0.4, -0.2) is 37.2 Å². The Morgan fingerprint density at radius 1 is 0.280 bits per heavy atom. The lowest BCUT2D eigenvalue weighted by Crippen LogP contribution is -2.30. The van der Waals surface area contributed by atoms with E-state index in [0.29, 0.717) is 19.3 Å². The standard InChI is InChI=1S/C69H126O6/c1-4-7-10-13-16-19-22-25-28-31-33-34-35-36-39-41-44-47-50-53-56-59-62-68(71)74-65-66(64-73-67(70)61-58-55-52-49-46-43-40-37-30-27-24-21-18-15-12-9-6-3)75-69(72)63-60-57-54-51-48-45-42-38-32-29-26-23-20-17-14-11-8-5-2/h9,12,18,21,27,30,40,43,66H,4-8,10-11,13-17,19-20,22-26,28-29,31-39,41-42,44-65H2,1-3H3/b12-9-,21-18-,30-27-,43-40-. The number of rotatable bonds is 61. The van der Waals surface area contributed by atoms with E-state index in [4.69, 9.17) is 14.2 Å². The van der Waals surface area contributed by atoms with Gasteiger partial charge in [0.2, 0.25) is 0 Å². The van der Waals surface area contributed by atoms with Crippen LogP contribution < -0.4 is 0 Å². The maximum absolute atomic E-state index is 12.9. The Labute approximate surface area is 467 Å². The number of esters is 3. The van der Waals surface area contributed by atoms with Crippen molar-refractivity contribution in [1.82, 2.24) is 0 Å². The summed E-state index contributed by atoms with van der Waals surface area (Å²) >= 11 is 0. The lowest BCUT2D eigenvalue weighted by Gasteiger charge is -2.18. The number of hydrogen-bond acceptors (Lipinski definition) is 6. The molecule has 0 fully saturated rings. The SMILES string of the molecule is CC/C=C\C/C=C\C/C=C\C/C=C\CCCCCCC(=O)OCC(COC(=O)CCCCCCCCCCCCCCCCCCCCCCCC)OC(=O)CCCCCCCCCCCCCCCCCCCC. The minimum atomic E-state index is -0.781. The quantitative estimate of drug-likeness (QED) is 0.0261. The van der Waals surface area contributed by atoms with Crippen molar-refractivity contribution in [2.75, 3.05) is 13.2 Å². The van der Waals surface area contributed by atoms with E-state index in [0.717, 1.165) is 96.3 Å². The molecule has 0 aliphatic heterocycles. The highest BCUT2D eigenvalue weighted by molar-refractivity contribution is 5.71. The maximum atomic E-state index is 12.9. The van der Waals surface area contributed by atoms with Crippen molar-refractivity contribution < 1.29 is 28.6 Å². The van der Waals surface area contributed by atoms with Crippen LogP contribution in [0.4, 0.5) is 0 Å². The van der Waals surface area contributed by atoms with Crippen LogP contribution in [0.25, 0.3) is 0 Å². The Morgan fingerprint density at radius 2 is 0.520 bits per heavy atom. The van der Waals surface area contributed by atoms with Gasteiger partial charge >= 0.3 is 17.9 Å². The van der Waals surface area contributed by atoms with Gasteiger partial charge < -0.3 is 14.2 Å². The lowest BCUT2D eigenvalue weighted by molar-refractivity contribution is -0.167. The minimum Gasteiger partial charge on any atom is -0.462 e. The van der Waals surface area contributed by atoms with Crippen LogP contribution in [0.3, 0.4) is 0 Å². The van der Waals surface area contributed by atoms with Crippen molar-refractivity contribution in [2.24, 2.45) is 0 Å². The molecule has 0 spiro atoms. The van der Waals surface area contributed by atoms with Crippen molar-refractivity contribution in [3.63, 3.8) is 0 Å². The van der Waals surface area contributed by atoms with E-state index in [1.165, 1.54) is 218 Å². The molecule has 0 aromatic carbocycles. The zero-order chi connectivity index (χ0) is 54.3. The molecule has 1 atom stereocenters. The molecule has 0 saturated carbocycles. The third-order valence-corrected chi connectivity index (χ3v) is 14.8. The first-order valence-electron chi connectivity index (χ1n) is 33.1. The topological polar surface area (TPSA) is 78.9 Å². The number of carbonyl (C=O) groups excluding carboxylic acids is 3. The fraction of sp³-hybridized carbons (Fsp3) is 0.841. The average Bonchev–Trinajstić information content (AvgIpc) is 3.41. The van der Waals surface area contributed by atoms with Crippen molar-refractivity contribution in [3.05, 3.63) is 48.6 Å². The fourth-order valence-corrected chi connectivity index (χ4v) is 9.91. The minimum absolute atomic E-state index is 0.0758. The van der Waals surface area contributed by atoms with E-state index in [9.17, 15) is 14.4 Å². The molecule has 6 nitrogen and oxygen atoms in total. The largest absolute Gasteiger partial charge is 0.462 e. The van der Waals surface area contributed by atoms with Crippen LogP contribution in [-0.2, 0) is 28.6 Å². The predicted molar refractivity (Wildman–Crippen MR) is 325 cm³/mol. The van der Waals surface area contributed by atoms with Gasteiger partial charge in [0.15, 0.2) is 6.10 Å². The maximum Gasteiger partial charge on any atom is 0.306 e. The smallest absolute Gasteiger partial charge is 0.306 e. The molecule has 0 aliphatic rings. The molecule has 0 heterocycles. The molecule has 438 valence electrons. The molecule has 0 aromatic rings. The first kappa shape index (κ1) is 72.4. The van der Waals surface area contributed by atoms with Gasteiger partial charge in [0.1, 0.15) is 13.2 Å². The van der Waals surface area contributed by atoms with Crippen LogP contribution in [0, 0.1) is 0 Å². The molecule has 1 unspecified atom stereocenters. The average molecular weight is 1050 g/mol. The number of ether oxygens (including phenoxy) is 3. The zero-order valence-corrected chi connectivity index (χ0v) is 50.3. The molecular weight excluding hydrogens is 925 g/mol. The number of allylic oxidation sites excluding steroid dienone is 8. The highest BCUT2D eigenvalue weighted by atomic mass is 16.6. The summed E-state index contributed by atoms with van der Waals surface area (Å²) in [5, 5.41) is 0. The molecular formula is C69H126O6. The summed E-state index contributed by atoms with van der Waals surface area (Å²) in [6, 6.07) is 0. The molecule has 6 heteroatoms. The fourth-order valence-electron chi connectivity index (χ4n) is 9.91. The van der Waals surface area contributed by atoms with Gasteiger partial charge in [-0.15, -0.1) is 0 Å². The Bertz CT molecular complexity index is 1300. The van der Waals surface area contributed by atoms with Gasteiger partial charge in [-0.1, -0.05) is 326 Å². The molecule has 0 aromatic heterocycles. The molecule has 0 aliphatic carbocycles. The molecule has 0 radical (unpaired) electrons. The van der Waals surface area contributed by atoms with E-state index in [1.807, 2.05) is 0 Å². The van der Waals surface area contributed by atoms with Gasteiger partial charge in [-0.05, 0) is 57.8 Å². The summed E-state index contributed by atoms with van der Waals surface area (Å²) in [5.41, 5.74) is 0. The Hall–Kier alpha value is -2.63. The zero-order valence-electron chi connectivity index (χ0n) is 50.3. The lowest BCUT2D eigenvalue weighted by atomic mass is 10.0. The highest BCUT2D eigenvalue weighted by Gasteiger charge is 2.19. The summed E-state index contributed by atoms with van der Waals surface area (Å²) in [4.78, 5) is 38.4. The van der Waals surface area contributed by atoms with Gasteiger partial charge in [0.25, 0.3) is 0 Å². The molecule has 0 N–H and O–H groups in total. The second-order valence-corrected chi connectivity index (χ2v) is 22.4. The van der Waals surface area contributed by atoms with E-state index in [1.54, 1.807) is 0 Å². The van der Waals surface area contributed by atoms with E-state index in [-0.39, 0.29) is 31.1 Å².